The molecule has 102 valence electrons. The van der Waals surface area contributed by atoms with Gasteiger partial charge >= 0.3 is 0 Å². The second kappa shape index (κ2) is 7.31. The van der Waals surface area contributed by atoms with E-state index in [-0.39, 0.29) is 6.54 Å². The molecule has 1 fully saturated rings. The molecule has 1 aliphatic heterocycles. The number of hydrogen-bond acceptors (Lipinski definition) is 4. The van der Waals surface area contributed by atoms with E-state index in [4.69, 9.17) is 5.73 Å². The van der Waals surface area contributed by atoms with E-state index < -0.39 is 15.3 Å². The fourth-order valence-corrected chi connectivity index (χ4v) is 3.51. The fraction of sp³-hybridized carbons (Fsp3) is 1.00. The maximum absolute atomic E-state index is 11.8. The van der Waals surface area contributed by atoms with Gasteiger partial charge in [0, 0.05) is 13.1 Å². The summed E-state index contributed by atoms with van der Waals surface area (Å²) in [5.74, 6) is 0. The predicted molar refractivity (Wildman–Crippen MR) is 70.3 cm³/mol. The molecular weight excluding hydrogens is 238 g/mol. The van der Waals surface area contributed by atoms with E-state index in [0.717, 1.165) is 26.1 Å². The summed E-state index contributed by atoms with van der Waals surface area (Å²) in [7, 11) is -3.21. The second-order valence-corrected chi connectivity index (χ2v) is 6.65. The number of sulfonamides is 1. The summed E-state index contributed by atoms with van der Waals surface area (Å²) in [6.45, 7) is 5.87. The van der Waals surface area contributed by atoms with Gasteiger partial charge in [-0.1, -0.05) is 6.92 Å². The molecule has 1 saturated heterocycles. The zero-order valence-corrected chi connectivity index (χ0v) is 11.5. The Hall–Kier alpha value is -0.170. The molecular formula is C11H25N3O2S. The van der Waals surface area contributed by atoms with Crippen LogP contribution in [0.5, 0.6) is 0 Å². The van der Waals surface area contributed by atoms with E-state index in [9.17, 15) is 8.42 Å². The van der Waals surface area contributed by atoms with E-state index in [1.807, 2.05) is 6.92 Å². The van der Waals surface area contributed by atoms with Crippen molar-refractivity contribution >= 4 is 10.0 Å². The van der Waals surface area contributed by atoms with Gasteiger partial charge in [0.2, 0.25) is 10.0 Å². The summed E-state index contributed by atoms with van der Waals surface area (Å²) in [5, 5.41) is -0.450. The first-order valence-corrected chi connectivity index (χ1v) is 8.05. The van der Waals surface area contributed by atoms with Crippen LogP contribution in [0.3, 0.4) is 0 Å². The summed E-state index contributed by atoms with van der Waals surface area (Å²) in [6.07, 6.45) is 3.99. The van der Waals surface area contributed by atoms with Crippen LogP contribution in [0.25, 0.3) is 0 Å². The zero-order chi connectivity index (χ0) is 12.7. The molecule has 6 heteroatoms. The lowest BCUT2D eigenvalue weighted by molar-refractivity contribution is 0.334. The van der Waals surface area contributed by atoms with Crippen molar-refractivity contribution in [2.24, 2.45) is 5.73 Å². The molecule has 3 N–H and O–H groups in total. The minimum atomic E-state index is -3.21. The molecule has 0 aromatic rings. The number of hydrogen-bond donors (Lipinski definition) is 2. The molecule has 0 amide bonds. The third-order valence-electron chi connectivity index (χ3n) is 3.31. The van der Waals surface area contributed by atoms with Crippen LogP contribution in [-0.4, -0.2) is 51.3 Å². The normalized spacial score (nSPS) is 19.6. The topological polar surface area (TPSA) is 75.4 Å². The number of rotatable bonds is 8. The molecule has 0 aliphatic carbocycles. The van der Waals surface area contributed by atoms with Gasteiger partial charge in [-0.15, -0.1) is 0 Å². The smallest absolute Gasteiger partial charge is 0.215 e. The van der Waals surface area contributed by atoms with E-state index in [2.05, 4.69) is 9.62 Å². The largest absolute Gasteiger partial charge is 0.329 e. The first kappa shape index (κ1) is 14.9. The molecule has 0 bridgehead atoms. The minimum absolute atomic E-state index is 0.192. The van der Waals surface area contributed by atoms with Crippen LogP contribution in [0.1, 0.15) is 32.6 Å². The maximum atomic E-state index is 11.8. The standard InChI is InChI=1S/C11H25N3O2S/c1-2-11(10-12)17(15,16)13-6-5-9-14-7-3-4-8-14/h11,13H,2-10,12H2,1H3. The van der Waals surface area contributed by atoms with Gasteiger partial charge in [-0.3, -0.25) is 0 Å². The Kier molecular flexibility index (Phi) is 6.40. The Morgan fingerprint density at radius 1 is 1.35 bits per heavy atom. The van der Waals surface area contributed by atoms with E-state index in [1.54, 1.807) is 0 Å². The predicted octanol–water partition coefficient (Wildman–Crippen LogP) is 0.129. The quantitative estimate of drug-likeness (QED) is 0.610. The lowest BCUT2D eigenvalue weighted by Gasteiger charge is -2.16. The van der Waals surface area contributed by atoms with Crippen LogP contribution < -0.4 is 10.5 Å². The van der Waals surface area contributed by atoms with Gasteiger partial charge in [0.1, 0.15) is 0 Å². The van der Waals surface area contributed by atoms with Crippen molar-refractivity contribution in [1.82, 2.24) is 9.62 Å². The highest BCUT2D eigenvalue weighted by atomic mass is 32.2. The molecule has 0 saturated carbocycles. The van der Waals surface area contributed by atoms with Crippen LogP contribution >= 0.6 is 0 Å². The van der Waals surface area contributed by atoms with Gasteiger partial charge < -0.3 is 10.6 Å². The first-order chi connectivity index (χ1) is 8.10. The Morgan fingerprint density at radius 3 is 2.53 bits per heavy atom. The number of nitrogens with two attached hydrogens (primary N) is 1. The van der Waals surface area contributed by atoms with E-state index >= 15 is 0 Å². The third-order valence-corrected chi connectivity index (χ3v) is 5.32. The van der Waals surface area contributed by atoms with Crippen molar-refractivity contribution in [2.45, 2.75) is 37.9 Å². The van der Waals surface area contributed by atoms with Crippen LogP contribution in [0, 0.1) is 0 Å². The van der Waals surface area contributed by atoms with Gasteiger partial charge in [0.25, 0.3) is 0 Å². The number of nitrogens with one attached hydrogen (secondary N) is 1. The molecule has 0 radical (unpaired) electrons. The van der Waals surface area contributed by atoms with Gasteiger partial charge in [0.05, 0.1) is 5.25 Å². The number of likely N-dealkylation sites (tertiary alicyclic amines) is 1. The lowest BCUT2D eigenvalue weighted by atomic mass is 10.3. The molecule has 1 aliphatic rings. The molecule has 1 unspecified atom stereocenters. The second-order valence-electron chi connectivity index (χ2n) is 4.61. The lowest BCUT2D eigenvalue weighted by Crippen LogP contribution is -2.39. The van der Waals surface area contributed by atoms with Crippen LogP contribution in [0.15, 0.2) is 0 Å². The van der Waals surface area contributed by atoms with E-state index in [1.165, 1.54) is 12.8 Å². The third kappa shape index (κ3) is 4.91. The van der Waals surface area contributed by atoms with Crippen LogP contribution in [0.2, 0.25) is 0 Å². The Morgan fingerprint density at radius 2 is 2.00 bits per heavy atom. The van der Waals surface area contributed by atoms with E-state index in [0.29, 0.717) is 13.0 Å². The highest BCUT2D eigenvalue weighted by molar-refractivity contribution is 7.90. The number of nitrogens with zero attached hydrogens (tertiary/aromatic N) is 1. The van der Waals surface area contributed by atoms with Crippen molar-refractivity contribution in [3.63, 3.8) is 0 Å². The summed E-state index contributed by atoms with van der Waals surface area (Å²) >= 11 is 0. The highest BCUT2D eigenvalue weighted by Crippen LogP contribution is 2.07. The van der Waals surface area contributed by atoms with Crippen molar-refractivity contribution in [2.75, 3.05) is 32.7 Å². The fourth-order valence-electron chi connectivity index (χ4n) is 2.15. The summed E-state index contributed by atoms with van der Waals surface area (Å²) < 4.78 is 26.2. The summed E-state index contributed by atoms with van der Waals surface area (Å²) in [6, 6.07) is 0. The molecule has 5 nitrogen and oxygen atoms in total. The highest BCUT2D eigenvalue weighted by Gasteiger charge is 2.21. The molecule has 1 heterocycles. The van der Waals surface area contributed by atoms with Gasteiger partial charge in [-0.2, -0.15) is 0 Å². The summed E-state index contributed by atoms with van der Waals surface area (Å²) in [4.78, 5) is 2.38. The van der Waals surface area contributed by atoms with Gasteiger partial charge in [-0.25, -0.2) is 13.1 Å². The molecule has 0 aromatic carbocycles. The van der Waals surface area contributed by atoms with Crippen molar-refractivity contribution in [3.05, 3.63) is 0 Å². The van der Waals surface area contributed by atoms with Gasteiger partial charge in [-0.05, 0) is 45.3 Å². The average molecular weight is 263 g/mol. The van der Waals surface area contributed by atoms with Gasteiger partial charge in [0.15, 0.2) is 0 Å². The van der Waals surface area contributed by atoms with Crippen molar-refractivity contribution in [1.29, 1.82) is 0 Å². The van der Waals surface area contributed by atoms with Crippen LogP contribution in [0.4, 0.5) is 0 Å². The molecule has 0 aromatic heterocycles. The minimum Gasteiger partial charge on any atom is -0.329 e. The first-order valence-electron chi connectivity index (χ1n) is 6.51. The van der Waals surface area contributed by atoms with Crippen LogP contribution in [-0.2, 0) is 10.0 Å². The SMILES string of the molecule is CCC(CN)S(=O)(=O)NCCCN1CCCC1. The maximum Gasteiger partial charge on any atom is 0.215 e. The molecule has 1 rings (SSSR count). The average Bonchev–Trinajstić information content (AvgIpc) is 2.78. The van der Waals surface area contributed by atoms with Crippen molar-refractivity contribution in [3.8, 4) is 0 Å². The Labute approximate surface area is 105 Å². The Balaban J connectivity index is 2.20. The monoisotopic (exact) mass is 263 g/mol. The Bertz CT molecular complexity index is 296. The molecule has 1 atom stereocenters. The molecule has 17 heavy (non-hydrogen) atoms. The van der Waals surface area contributed by atoms with Crippen molar-refractivity contribution < 1.29 is 8.42 Å². The zero-order valence-electron chi connectivity index (χ0n) is 10.7. The summed E-state index contributed by atoms with van der Waals surface area (Å²) in [5.41, 5.74) is 5.45. The molecule has 0 spiro atoms.